The van der Waals surface area contributed by atoms with Gasteiger partial charge in [0.05, 0.1) is 22.3 Å². The summed E-state index contributed by atoms with van der Waals surface area (Å²) in [6.07, 6.45) is 0. The van der Waals surface area contributed by atoms with Gasteiger partial charge in [-0.05, 0) is 46.3 Å². The van der Waals surface area contributed by atoms with Gasteiger partial charge < -0.3 is 10.1 Å². The molecule has 0 aliphatic carbocycles. The van der Waals surface area contributed by atoms with Gasteiger partial charge in [0, 0.05) is 5.56 Å². The van der Waals surface area contributed by atoms with Crippen LogP contribution in [0.3, 0.4) is 0 Å². The Bertz CT molecular complexity index is 643. The number of para-hydroxylation sites is 1. The van der Waals surface area contributed by atoms with Crippen molar-refractivity contribution in [2.75, 3.05) is 12.4 Å². The zero-order valence-corrected chi connectivity index (χ0v) is 12.8. The van der Waals surface area contributed by atoms with Gasteiger partial charge in [-0.25, -0.2) is 4.39 Å². The monoisotopic (exact) mass is 357 g/mol. The second-order valence-electron chi connectivity index (χ2n) is 3.90. The number of carbonyl (C=O) groups excluding carboxylic acids is 1. The van der Waals surface area contributed by atoms with E-state index in [9.17, 15) is 9.18 Å². The van der Waals surface area contributed by atoms with E-state index in [1.807, 2.05) is 0 Å². The van der Waals surface area contributed by atoms with E-state index in [1.165, 1.54) is 25.3 Å². The van der Waals surface area contributed by atoms with Crippen LogP contribution >= 0.6 is 27.5 Å². The standard InChI is InChI=1S/C14H10BrClFNO2/c1-20-12-6-5-8(7-9(12)15)14(19)18-13-10(16)3-2-4-11(13)17/h2-7H,1H3,(H,18,19). The Kier molecular flexibility index (Phi) is 4.62. The second-order valence-corrected chi connectivity index (χ2v) is 5.16. The number of benzene rings is 2. The lowest BCUT2D eigenvalue weighted by molar-refractivity contribution is 0.102. The Hall–Kier alpha value is -1.59. The van der Waals surface area contributed by atoms with E-state index in [0.717, 1.165) is 0 Å². The van der Waals surface area contributed by atoms with Crippen molar-refractivity contribution in [2.45, 2.75) is 0 Å². The molecule has 1 N–H and O–H groups in total. The number of amides is 1. The smallest absolute Gasteiger partial charge is 0.255 e. The summed E-state index contributed by atoms with van der Waals surface area (Å²) in [6, 6.07) is 9.01. The number of hydrogen-bond donors (Lipinski definition) is 1. The number of rotatable bonds is 3. The summed E-state index contributed by atoms with van der Waals surface area (Å²) >= 11 is 9.14. The lowest BCUT2D eigenvalue weighted by Crippen LogP contribution is -2.13. The molecule has 0 aromatic heterocycles. The number of methoxy groups -OCH3 is 1. The molecule has 0 atom stereocenters. The normalized spacial score (nSPS) is 10.2. The third-order valence-corrected chi connectivity index (χ3v) is 3.55. The molecule has 0 radical (unpaired) electrons. The van der Waals surface area contributed by atoms with Gasteiger partial charge in [0.1, 0.15) is 11.6 Å². The number of hydrogen-bond acceptors (Lipinski definition) is 2. The summed E-state index contributed by atoms with van der Waals surface area (Å²) in [5, 5.41) is 2.60. The Morgan fingerprint density at radius 1 is 1.35 bits per heavy atom. The van der Waals surface area contributed by atoms with Gasteiger partial charge >= 0.3 is 0 Å². The highest BCUT2D eigenvalue weighted by molar-refractivity contribution is 9.10. The molecule has 0 bridgehead atoms. The van der Waals surface area contributed by atoms with Gasteiger partial charge in [0.15, 0.2) is 0 Å². The van der Waals surface area contributed by atoms with Crippen LogP contribution < -0.4 is 10.1 Å². The molecule has 2 aromatic carbocycles. The van der Waals surface area contributed by atoms with Crippen molar-refractivity contribution in [3.05, 3.63) is 57.3 Å². The van der Waals surface area contributed by atoms with Crippen LogP contribution in [-0.2, 0) is 0 Å². The first-order valence-electron chi connectivity index (χ1n) is 5.62. The van der Waals surface area contributed by atoms with E-state index in [4.69, 9.17) is 16.3 Å². The molecule has 0 aliphatic rings. The maximum atomic E-state index is 13.6. The minimum atomic E-state index is -0.585. The number of halogens is 3. The molecule has 20 heavy (non-hydrogen) atoms. The first-order valence-corrected chi connectivity index (χ1v) is 6.79. The fourth-order valence-electron chi connectivity index (χ4n) is 1.61. The fourth-order valence-corrected chi connectivity index (χ4v) is 2.36. The van der Waals surface area contributed by atoms with Crippen LogP contribution in [0.5, 0.6) is 5.75 Å². The molecular formula is C14H10BrClFNO2. The molecule has 0 spiro atoms. The predicted octanol–water partition coefficient (Wildman–Crippen LogP) is 4.50. The average Bonchev–Trinajstić information content (AvgIpc) is 2.42. The van der Waals surface area contributed by atoms with E-state index in [1.54, 1.807) is 18.2 Å². The highest BCUT2D eigenvalue weighted by atomic mass is 79.9. The van der Waals surface area contributed by atoms with Crippen molar-refractivity contribution in [3.63, 3.8) is 0 Å². The Labute approximate surface area is 128 Å². The molecule has 1 amide bonds. The quantitative estimate of drug-likeness (QED) is 0.877. The molecule has 3 nitrogen and oxygen atoms in total. The molecule has 0 saturated carbocycles. The highest BCUT2D eigenvalue weighted by Gasteiger charge is 2.13. The zero-order chi connectivity index (χ0) is 14.7. The van der Waals surface area contributed by atoms with Gasteiger partial charge in [-0.2, -0.15) is 0 Å². The molecule has 0 unspecified atom stereocenters. The molecule has 0 aliphatic heterocycles. The molecular weight excluding hydrogens is 349 g/mol. The van der Waals surface area contributed by atoms with Crippen molar-refractivity contribution in [1.29, 1.82) is 0 Å². The largest absolute Gasteiger partial charge is 0.496 e. The topological polar surface area (TPSA) is 38.3 Å². The van der Waals surface area contributed by atoms with Crippen LogP contribution in [0.1, 0.15) is 10.4 Å². The number of ether oxygens (including phenoxy) is 1. The zero-order valence-electron chi connectivity index (χ0n) is 10.4. The van der Waals surface area contributed by atoms with Crippen LogP contribution in [0.2, 0.25) is 5.02 Å². The Morgan fingerprint density at radius 2 is 2.10 bits per heavy atom. The molecule has 6 heteroatoms. The maximum absolute atomic E-state index is 13.6. The van der Waals surface area contributed by atoms with Gasteiger partial charge in [0.25, 0.3) is 5.91 Å². The van der Waals surface area contributed by atoms with E-state index in [0.29, 0.717) is 15.8 Å². The second kappa shape index (κ2) is 6.24. The summed E-state index contributed by atoms with van der Waals surface area (Å²) in [5.74, 6) is -0.441. The third kappa shape index (κ3) is 3.11. The lowest BCUT2D eigenvalue weighted by atomic mass is 10.2. The van der Waals surface area contributed by atoms with E-state index in [2.05, 4.69) is 21.2 Å². The van der Waals surface area contributed by atoms with Crippen LogP contribution in [-0.4, -0.2) is 13.0 Å². The number of nitrogens with one attached hydrogen (secondary N) is 1. The summed E-state index contributed by atoms with van der Waals surface area (Å²) in [6.45, 7) is 0. The van der Waals surface area contributed by atoms with Gasteiger partial charge in [-0.3, -0.25) is 4.79 Å². The first-order chi connectivity index (χ1) is 9.52. The number of carbonyl (C=O) groups is 1. The Balaban J connectivity index is 2.26. The van der Waals surface area contributed by atoms with Crippen molar-refractivity contribution in [3.8, 4) is 5.75 Å². The number of anilines is 1. The fraction of sp³-hybridized carbons (Fsp3) is 0.0714. The minimum Gasteiger partial charge on any atom is -0.496 e. The average molecular weight is 359 g/mol. The van der Waals surface area contributed by atoms with Gasteiger partial charge in [0.2, 0.25) is 0 Å². The summed E-state index contributed by atoms with van der Waals surface area (Å²) in [7, 11) is 1.53. The minimum absolute atomic E-state index is 0.0360. The molecule has 104 valence electrons. The summed E-state index contributed by atoms with van der Waals surface area (Å²) in [4.78, 5) is 12.1. The van der Waals surface area contributed by atoms with Crippen molar-refractivity contribution < 1.29 is 13.9 Å². The SMILES string of the molecule is COc1ccc(C(=O)Nc2c(F)cccc2Cl)cc1Br. The maximum Gasteiger partial charge on any atom is 0.255 e. The van der Waals surface area contributed by atoms with E-state index in [-0.39, 0.29) is 10.7 Å². The van der Waals surface area contributed by atoms with Crippen LogP contribution in [0.15, 0.2) is 40.9 Å². The molecule has 0 saturated heterocycles. The molecule has 0 fully saturated rings. The molecule has 2 rings (SSSR count). The summed E-state index contributed by atoms with van der Waals surface area (Å²) < 4.78 is 19.3. The first kappa shape index (κ1) is 14.8. The van der Waals surface area contributed by atoms with Crippen molar-refractivity contribution >= 4 is 39.1 Å². The van der Waals surface area contributed by atoms with E-state index < -0.39 is 11.7 Å². The van der Waals surface area contributed by atoms with Crippen molar-refractivity contribution in [2.24, 2.45) is 0 Å². The molecule has 2 aromatic rings. The third-order valence-electron chi connectivity index (χ3n) is 2.62. The van der Waals surface area contributed by atoms with Crippen LogP contribution in [0, 0.1) is 5.82 Å². The highest BCUT2D eigenvalue weighted by Crippen LogP contribution is 2.28. The predicted molar refractivity (Wildman–Crippen MR) is 80.1 cm³/mol. The van der Waals surface area contributed by atoms with E-state index >= 15 is 0 Å². The van der Waals surface area contributed by atoms with Crippen LogP contribution in [0.25, 0.3) is 0 Å². The van der Waals surface area contributed by atoms with Crippen molar-refractivity contribution in [1.82, 2.24) is 0 Å². The van der Waals surface area contributed by atoms with Crippen LogP contribution in [0.4, 0.5) is 10.1 Å². The van der Waals surface area contributed by atoms with Gasteiger partial charge in [-0.1, -0.05) is 17.7 Å². The Morgan fingerprint density at radius 3 is 2.70 bits per heavy atom. The lowest BCUT2D eigenvalue weighted by Gasteiger charge is -2.09. The summed E-state index contributed by atoms with van der Waals surface area (Å²) in [5.41, 5.74) is 0.322. The molecule has 0 heterocycles. The van der Waals surface area contributed by atoms with Gasteiger partial charge in [-0.15, -0.1) is 0 Å².